The lowest BCUT2D eigenvalue weighted by Gasteiger charge is -2.33. The van der Waals surface area contributed by atoms with Crippen LogP contribution in [0.5, 0.6) is 6.01 Å². The van der Waals surface area contributed by atoms with Crippen LogP contribution in [0, 0.1) is 0 Å². The van der Waals surface area contributed by atoms with Gasteiger partial charge in [-0.15, -0.1) is 0 Å². The molecule has 0 aliphatic carbocycles. The molecule has 0 amide bonds. The molecular weight excluding hydrogens is 258 g/mol. The molecule has 0 bridgehead atoms. The number of nitrogens with zero attached hydrogens (tertiary/aromatic N) is 2. The van der Waals surface area contributed by atoms with Crippen LogP contribution in [-0.4, -0.2) is 28.7 Å². The molecule has 0 spiro atoms. The molecule has 1 aliphatic rings. The quantitative estimate of drug-likeness (QED) is 0.891. The van der Waals surface area contributed by atoms with Crippen molar-refractivity contribution in [1.82, 2.24) is 15.3 Å². The molecule has 0 unspecified atom stereocenters. The van der Waals surface area contributed by atoms with Gasteiger partial charge in [0.05, 0.1) is 4.47 Å². The largest absolute Gasteiger partial charge is 0.457 e. The van der Waals surface area contributed by atoms with Gasteiger partial charge in [-0.05, 0) is 48.8 Å². The first kappa shape index (κ1) is 10.8. The van der Waals surface area contributed by atoms with Crippen LogP contribution in [0.25, 0.3) is 0 Å². The standard InChI is InChI=1S/C10H14BrN3O/c1-10(2-4-12-5-3-10)15-9-13-6-8(11)7-14-9/h6-7,12H,2-5H2,1H3. The van der Waals surface area contributed by atoms with Gasteiger partial charge in [-0.2, -0.15) is 0 Å². The van der Waals surface area contributed by atoms with Crippen molar-refractivity contribution < 1.29 is 4.74 Å². The van der Waals surface area contributed by atoms with Crippen LogP contribution in [0.2, 0.25) is 0 Å². The van der Waals surface area contributed by atoms with Crippen molar-refractivity contribution in [3.05, 3.63) is 16.9 Å². The van der Waals surface area contributed by atoms with Gasteiger partial charge in [-0.3, -0.25) is 0 Å². The number of ether oxygens (including phenoxy) is 1. The molecule has 2 rings (SSSR count). The monoisotopic (exact) mass is 271 g/mol. The number of piperidine rings is 1. The normalized spacial score (nSPS) is 19.9. The Bertz CT molecular complexity index is 322. The highest BCUT2D eigenvalue weighted by Crippen LogP contribution is 2.23. The lowest BCUT2D eigenvalue weighted by Crippen LogP contribution is -2.44. The van der Waals surface area contributed by atoms with Crippen LogP contribution in [0.1, 0.15) is 19.8 Å². The summed E-state index contributed by atoms with van der Waals surface area (Å²) < 4.78 is 6.68. The van der Waals surface area contributed by atoms with Crippen molar-refractivity contribution in [2.45, 2.75) is 25.4 Å². The van der Waals surface area contributed by atoms with Crippen LogP contribution >= 0.6 is 15.9 Å². The predicted octanol–water partition coefficient (Wildman–Crippen LogP) is 1.76. The second-order valence-electron chi connectivity index (χ2n) is 3.99. The van der Waals surface area contributed by atoms with E-state index in [9.17, 15) is 0 Å². The minimum atomic E-state index is -0.126. The van der Waals surface area contributed by atoms with Crippen LogP contribution < -0.4 is 10.1 Å². The molecule has 0 atom stereocenters. The van der Waals surface area contributed by atoms with Gasteiger partial charge in [0.15, 0.2) is 0 Å². The Morgan fingerprint density at radius 3 is 2.53 bits per heavy atom. The van der Waals surface area contributed by atoms with E-state index in [4.69, 9.17) is 4.74 Å². The van der Waals surface area contributed by atoms with E-state index in [0.29, 0.717) is 6.01 Å². The summed E-state index contributed by atoms with van der Waals surface area (Å²) in [5, 5.41) is 3.31. The molecule has 1 saturated heterocycles. The van der Waals surface area contributed by atoms with Gasteiger partial charge in [-0.1, -0.05) is 0 Å². The van der Waals surface area contributed by atoms with E-state index in [1.165, 1.54) is 0 Å². The summed E-state index contributed by atoms with van der Waals surface area (Å²) in [6.45, 7) is 4.10. The van der Waals surface area contributed by atoms with Gasteiger partial charge in [0.25, 0.3) is 0 Å². The number of halogens is 1. The Balaban J connectivity index is 2.03. The molecule has 5 heteroatoms. The van der Waals surface area contributed by atoms with Crippen molar-refractivity contribution in [2.75, 3.05) is 13.1 Å². The summed E-state index contributed by atoms with van der Waals surface area (Å²) in [6, 6.07) is 0.461. The average molecular weight is 272 g/mol. The van der Waals surface area contributed by atoms with Crippen LogP contribution in [0.3, 0.4) is 0 Å². The van der Waals surface area contributed by atoms with Crippen molar-refractivity contribution >= 4 is 15.9 Å². The van der Waals surface area contributed by atoms with E-state index in [0.717, 1.165) is 30.4 Å². The fourth-order valence-corrected chi connectivity index (χ4v) is 1.84. The smallest absolute Gasteiger partial charge is 0.316 e. The lowest BCUT2D eigenvalue weighted by molar-refractivity contribution is 0.0456. The lowest BCUT2D eigenvalue weighted by atomic mass is 9.95. The second kappa shape index (κ2) is 4.45. The van der Waals surface area contributed by atoms with Crippen LogP contribution in [0.15, 0.2) is 16.9 Å². The van der Waals surface area contributed by atoms with Gasteiger partial charge in [-0.25, -0.2) is 9.97 Å². The van der Waals surface area contributed by atoms with E-state index in [-0.39, 0.29) is 5.60 Å². The molecule has 2 heterocycles. The van der Waals surface area contributed by atoms with Crippen molar-refractivity contribution in [3.63, 3.8) is 0 Å². The second-order valence-corrected chi connectivity index (χ2v) is 4.90. The third-order valence-corrected chi connectivity index (χ3v) is 3.01. The van der Waals surface area contributed by atoms with E-state index >= 15 is 0 Å². The van der Waals surface area contributed by atoms with Crippen molar-refractivity contribution in [3.8, 4) is 6.01 Å². The molecule has 1 aromatic rings. The molecular formula is C10H14BrN3O. The number of hydrogen-bond donors (Lipinski definition) is 1. The Hall–Kier alpha value is -0.680. The van der Waals surface area contributed by atoms with Gasteiger partial charge < -0.3 is 10.1 Å². The minimum Gasteiger partial charge on any atom is -0.457 e. The van der Waals surface area contributed by atoms with E-state index in [1.807, 2.05) is 0 Å². The Kier molecular flexibility index (Phi) is 3.21. The molecule has 15 heavy (non-hydrogen) atoms. The number of hydrogen-bond acceptors (Lipinski definition) is 4. The zero-order chi connectivity index (χ0) is 10.7. The van der Waals surface area contributed by atoms with E-state index in [1.54, 1.807) is 12.4 Å². The highest BCUT2D eigenvalue weighted by atomic mass is 79.9. The molecule has 0 aromatic carbocycles. The SMILES string of the molecule is CC1(Oc2ncc(Br)cn2)CCNCC1. The summed E-state index contributed by atoms with van der Waals surface area (Å²) >= 11 is 3.29. The fraction of sp³-hybridized carbons (Fsp3) is 0.600. The highest BCUT2D eigenvalue weighted by Gasteiger charge is 2.29. The molecule has 82 valence electrons. The van der Waals surface area contributed by atoms with E-state index in [2.05, 4.69) is 38.1 Å². The van der Waals surface area contributed by atoms with Crippen molar-refractivity contribution in [2.24, 2.45) is 0 Å². The highest BCUT2D eigenvalue weighted by molar-refractivity contribution is 9.10. The third kappa shape index (κ3) is 2.89. The number of nitrogens with one attached hydrogen (secondary N) is 1. The molecule has 0 radical (unpaired) electrons. The zero-order valence-corrected chi connectivity index (χ0v) is 10.2. The molecule has 1 aromatic heterocycles. The maximum atomic E-state index is 5.81. The maximum Gasteiger partial charge on any atom is 0.316 e. The molecule has 0 saturated carbocycles. The Morgan fingerprint density at radius 2 is 1.93 bits per heavy atom. The first-order valence-electron chi connectivity index (χ1n) is 5.05. The summed E-state index contributed by atoms with van der Waals surface area (Å²) in [4.78, 5) is 8.23. The summed E-state index contributed by atoms with van der Waals surface area (Å²) in [5.74, 6) is 0. The van der Waals surface area contributed by atoms with Crippen LogP contribution in [-0.2, 0) is 0 Å². The first-order valence-corrected chi connectivity index (χ1v) is 5.85. The van der Waals surface area contributed by atoms with Gasteiger partial charge >= 0.3 is 6.01 Å². The average Bonchev–Trinajstić information content (AvgIpc) is 2.22. The Morgan fingerprint density at radius 1 is 1.33 bits per heavy atom. The van der Waals surface area contributed by atoms with E-state index < -0.39 is 0 Å². The number of aromatic nitrogens is 2. The summed E-state index contributed by atoms with van der Waals surface area (Å²) in [6.07, 6.45) is 5.39. The molecule has 1 N–H and O–H groups in total. The first-order chi connectivity index (χ1) is 7.18. The molecule has 4 nitrogen and oxygen atoms in total. The summed E-state index contributed by atoms with van der Waals surface area (Å²) in [5.41, 5.74) is -0.126. The minimum absolute atomic E-state index is 0.126. The van der Waals surface area contributed by atoms with Crippen molar-refractivity contribution in [1.29, 1.82) is 0 Å². The summed E-state index contributed by atoms with van der Waals surface area (Å²) in [7, 11) is 0. The van der Waals surface area contributed by atoms with Crippen LogP contribution in [0.4, 0.5) is 0 Å². The van der Waals surface area contributed by atoms with Gasteiger partial charge in [0, 0.05) is 12.4 Å². The Labute approximate surface area is 97.6 Å². The molecule has 1 fully saturated rings. The number of rotatable bonds is 2. The predicted molar refractivity (Wildman–Crippen MR) is 60.9 cm³/mol. The topological polar surface area (TPSA) is 47.0 Å². The van der Waals surface area contributed by atoms with Gasteiger partial charge in [0.1, 0.15) is 5.60 Å². The van der Waals surface area contributed by atoms with Gasteiger partial charge in [0.2, 0.25) is 0 Å². The molecule has 1 aliphatic heterocycles. The maximum absolute atomic E-state index is 5.81. The fourth-order valence-electron chi connectivity index (χ4n) is 1.63. The third-order valence-electron chi connectivity index (χ3n) is 2.60. The zero-order valence-electron chi connectivity index (χ0n) is 8.66.